The van der Waals surface area contributed by atoms with Crippen molar-refractivity contribution in [2.75, 3.05) is 0 Å². The lowest BCUT2D eigenvalue weighted by atomic mass is 9.80. The molecule has 0 radical (unpaired) electrons. The molecule has 1 aromatic carbocycles. The SMILES string of the molecule is Cc1c(C(N)=O)cc(F)c(C2CCC(F)(F)CC2)c1OC(F)F. The Morgan fingerprint density at radius 1 is 1.35 bits per heavy atom. The zero-order valence-electron chi connectivity index (χ0n) is 12.3. The highest BCUT2D eigenvalue weighted by Gasteiger charge is 2.38. The molecule has 1 aromatic rings. The van der Waals surface area contributed by atoms with Crippen LogP contribution in [0.3, 0.4) is 0 Å². The van der Waals surface area contributed by atoms with E-state index in [1.54, 1.807) is 0 Å². The first-order valence-corrected chi connectivity index (χ1v) is 7.08. The van der Waals surface area contributed by atoms with Gasteiger partial charge in [0.15, 0.2) is 0 Å². The Labute approximate surface area is 129 Å². The normalized spacial score (nSPS) is 18.2. The van der Waals surface area contributed by atoms with E-state index in [9.17, 15) is 26.7 Å². The average molecular weight is 337 g/mol. The molecule has 23 heavy (non-hydrogen) atoms. The highest BCUT2D eigenvalue weighted by atomic mass is 19.3. The standard InChI is InChI=1S/C15H16F5NO2/c1-7-9(13(21)22)6-10(16)11(12(7)23-14(17)18)8-2-4-15(19,20)5-3-8/h6,8,14H,2-5H2,1H3,(H2,21,22). The highest BCUT2D eigenvalue weighted by Crippen LogP contribution is 2.46. The van der Waals surface area contributed by atoms with Crippen molar-refractivity contribution in [3.63, 3.8) is 0 Å². The van der Waals surface area contributed by atoms with Gasteiger partial charge in [0.1, 0.15) is 11.6 Å². The van der Waals surface area contributed by atoms with E-state index in [0.717, 1.165) is 6.07 Å². The number of nitrogens with two attached hydrogens (primary N) is 1. The maximum absolute atomic E-state index is 14.4. The van der Waals surface area contributed by atoms with Crippen molar-refractivity contribution < 1.29 is 31.5 Å². The zero-order chi connectivity index (χ0) is 17.4. The molecule has 1 saturated carbocycles. The van der Waals surface area contributed by atoms with Gasteiger partial charge < -0.3 is 10.5 Å². The maximum atomic E-state index is 14.4. The summed E-state index contributed by atoms with van der Waals surface area (Å²) in [5.41, 5.74) is 4.61. The number of hydrogen-bond acceptors (Lipinski definition) is 2. The lowest BCUT2D eigenvalue weighted by molar-refractivity contribution is -0.0539. The summed E-state index contributed by atoms with van der Waals surface area (Å²) in [7, 11) is 0. The molecule has 0 aliphatic heterocycles. The molecular formula is C15H16F5NO2. The third kappa shape index (κ3) is 3.73. The Balaban J connectivity index is 2.49. The van der Waals surface area contributed by atoms with Crippen LogP contribution in [0.2, 0.25) is 0 Å². The Kier molecular flexibility index (Phi) is 4.81. The Morgan fingerprint density at radius 2 is 1.91 bits per heavy atom. The van der Waals surface area contributed by atoms with Gasteiger partial charge in [-0.15, -0.1) is 0 Å². The number of carbonyl (C=O) groups is 1. The molecule has 2 rings (SSSR count). The summed E-state index contributed by atoms with van der Waals surface area (Å²) < 4.78 is 70.5. The predicted octanol–water partition coefficient (Wildman–Crippen LogP) is 4.13. The molecule has 0 atom stereocenters. The van der Waals surface area contributed by atoms with Crippen molar-refractivity contribution >= 4 is 5.91 Å². The minimum atomic E-state index is -3.24. The number of alkyl halides is 4. The molecule has 2 N–H and O–H groups in total. The minimum Gasteiger partial charge on any atom is -0.434 e. The molecule has 0 spiro atoms. The van der Waals surface area contributed by atoms with E-state index >= 15 is 0 Å². The third-order valence-corrected chi connectivity index (χ3v) is 4.12. The van der Waals surface area contributed by atoms with Crippen molar-refractivity contribution in [3.8, 4) is 5.75 Å². The number of ether oxygens (including phenoxy) is 1. The molecule has 1 fully saturated rings. The van der Waals surface area contributed by atoms with Crippen LogP contribution >= 0.6 is 0 Å². The molecule has 1 aliphatic rings. The van der Waals surface area contributed by atoms with E-state index < -0.39 is 48.8 Å². The van der Waals surface area contributed by atoms with Crippen molar-refractivity contribution in [2.45, 2.75) is 51.1 Å². The summed E-state index contributed by atoms with van der Waals surface area (Å²) in [5, 5.41) is 0. The number of benzene rings is 1. The van der Waals surface area contributed by atoms with Crippen LogP contribution in [0.5, 0.6) is 5.75 Å². The first-order chi connectivity index (χ1) is 10.6. The van der Waals surface area contributed by atoms with E-state index in [4.69, 9.17) is 5.73 Å². The molecule has 0 heterocycles. The fourth-order valence-corrected chi connectivity index (χ4v) is 2.95. The molecule has 1 amide bonds. The molecule has 0 unspecified atom stereocenters. The van der Waals surface area contributed by atoms with Gasteiger partial charge in [0.25, 0.3) is 0 Å². The second-order valence-corrected chi connectivity index (χ2v) is 5.65. The quantitative estimate of drug-likeness (QED) is 0.840. The van der Waals surface area contributed by atoms with Crippen molar-refractivity contribution in [3.05, 3.63) is 28.6 Å². The summed E-state index contributed by atoms with van der Waals surface area (Å²) in [5.74, 6) is -5.93. The fraction of sp³-hybridized carbons (Fsp3) is 0.533. The van der Waals surface area contributed by atoms with Gasteiger partial charge in [-0.2, -0.15) is 8.78 Å². The second kappa shape index (κ2) is 6.33. The average Bonchev–Trinajstić information content (AvgIpc) is 2.43. The molecule has 0 bridgehead atoms. The summed E-state index contributed by atoms with van der Waals surface area (Å²) in [6, 6.07) is 0.845. The minimum absolute atomic E-state index is 0.0217. The first kappa shape index (κ1) is 17.5. The lowest BCUT2D eigenvalue weighted by Gasteiger charge is -2.30. The molecule has 0 aromatic heterocycles. The zero-order valence-corrected chi connectivity index (χ0v) is 12.3. The van der Waals surface area contributed by atoms with E-state index in [-0.39, 0.29) is 29.5 Å². The van der Waals surface area contributed by atoms with Crippen LogP contribution in [0.25, 0.3) is 0 Å². The van der Waals surface area contributed by atoms with Crippen molar-refractivity contribution in [1.82, 2.24) is 0 Å². The van der Waals surface area contributed by atoms with Gasteiger partial charge in [-0.25, -0.2) is 13.2 Å². The summed E-state index contributed by atoms with van der Waals surface area (Å²) in [6.07, 6.45) is -1.03. The van der Waals surface area contributed by atoms with Gasteiger partial charge in [-0.3, -0.25) is 4.79 Å². The van der Waals surface area contributed by atoms with Crippen LogP contribution in [0.4, 0.5) is 22.0 Å². The predicted molar refractivity (Wildman–Crippen MR) is 72.4 cm³/mol. The van der Waals surface area contributed by atoms with Gasteiger partial charge in [-0.05, 0) is 31.7 Å². The first-order valence-electron chi connectivity index (χ1n) is 7.08. The van der Waals surface area contributed by atoms with Gasteiger partial charge in [0.2, 0.25) is 11.8 Å². The highest BCUT2D eigenvalue weighted by molar-refractivity contribution is 5.95. The van der Waals surface area contributed by atoms with Gasteiger partial charge in [-0.1, -0.05) is 0 Å². The number of primary amides is 1. The largest absolute Gasteiger partial charge is 0.434 e. The van der Waals surface area contributed by atoms with E-state index in [0.29, 0.717) is 0 Å². The van der Waals surface area contributed by atoms with E-state index in [1.165, 1.54) is 6.92 Å². The molecule has 8 heteroatoms. The van der Waals surface area contributed by atoms with E-state index in [1.807, 2.05) is 0 Å². The van der Waals surface area contributed by atoms with Crippen molar-refractivity contribution in [2.24, 2.45) is 5.73 Å². The fourth-order valence-electron chi connectivity index (χ4n) is 2.95. The topological polar surface area (TPSA) is 52.3 Å². The Morgan fingerprint density at radius 3 is 2.39 bits per heavy atom. The van der Waals surface area contributed by atoms with Crippen molar-refractivity contribution in [1.29, 1.82) is 0 Å². The molecule has 1 aliphatic carbocycles. The molecule has 128 valence electrons. The van der Waals surface area contributed by atoms with E-state index in [2.05, 4.69) is 4.74 Å². The van der Waals surface area contributed by atoms with Crippen LogP contribution in [-0.2, 0) is 0 Å². The van der Waals surface area contributed by atoms with Crippen LogP contribution in [0.1, 0.15) is 53.1 Å². The van der Waals surface area contributed by atoms with Crippen LogP contribution < -0.4 is 10.5 Å². The van der Waals surface area contributed by atoms with Gasteiger partial charge in [0, 0.05) is 29.5 Å². The van der Waals surface area contributed by atoms with Gasteiger partial charge in [0.05, 0.1) is 0 Å². The van der Waals surface area contributed by atoms with Gasteiger partial charge >= 0.3 is 6.61 Å². The molecule has 3 nitrogen and oxygen atoms in total. The monoisotopic (exact) mass is 337 g/mol. The van der Waals surface area contributed by atoms with Crippen LogP contribution in [0.15, 0.2) is 6.07 Å². The molecular weight excluding hydrogens is 321 g/mol. The third-order valence-electron chi connectivity index (χ3n) is 4.12. The number of hydrogen-bond donors (Lipinski definition) is 1. The maximum Gasteiger partial charge on any atom is 0.387 e. The number of halogens is 5. The lowest BCUT2D eigenvalue weighted by Crippen LogP contribution is -2.25. The summed E-state index contributed by atoms with van der Waals surface area (Å²) in [6.45, 7) is -1.93. The molecule has 0 saturated heterocycles. The van der Waals surface area contributed by atoms with Crippen LogP contribution in [0, 0.1) is 12.7 Å². The summed E-state index contributed by atoms with van der Waals surface area (Å²) >= 11 is 0. The Bertz CT molecular complexity index is 608. The number of rotatable bonds is 4. The summed E-state index contributed by atoms with van der Waals surface area (Å²) in [4.78, 5) is 11.3. The second-order valence-electron chi connectivity index (χ2n) is 5.65. The number of amides is 1. The number of carbonyl (C=O) groups excluding carboxylic acids is 1. The van der Waals surface area contributed by atoms with Crippen LogP contribution in [-0.4, -0.2) is 18.4 Å². The smallest absolute Gasteiger partial charge is 0.387 e. The Hall–Kier alpha value is -1.86.